The summed E-state index contributed by atoms with van der Waals surface area (Å²) in [7, 11) is 0. The minimum absolute atomic E-state index is 0.674. The average molecular weight is 216 g/mol. The highest BCUT2D eigenvalue weighted by Crippen LogP contribution is 2.42. The molecule has 2 heteroatoms. The van der Waals surface area contributed by atoms with Crippen molar-refractivity contribution >= 4 is 0 Å². The van der Waals surface area contributed by atoms with Gasteiger partial charge in [0.15, 0.2) is 0 Å². The largest absolute Gasteiger partial charge is 0.314 e. The van der Waals surface area contributed by atoms with Crippen LogP contribution in [0.2, 0.25) is 0 Å². The van der Waals surface area contributed by atoms with Crippen LogP contribution in [-0.4, -0.2) is 31.1 Å². The Labute approximate surface area is 97.6 Å². The molecule has 1 aromatic carbocycles. The first kappa shape index (κ1) is 10.3. The van der Waals surface area contributed by atoms with Gasteiger partial charge in [0.05, 0.1) is 0 Å². The number of hydrogen-bond acceptors (Lipinski definition) is 2. The van der Waals surface area contributed by atoms with Gasteiger partial charge in [0, 0.05) is 32.2 Å². The fourth-order valence-electron chi connectivity index (χ4n) is 3.19. The number of rotatable bonds is 1. The monoisotopic (exact) mass is 216 g/mol. The molecule has 0 saturated carbocycles. The molecule has 2 unspecified atom stereocenters. The molecule has 1 aliphatic carbocycles. The Kier molecular flexibility index (Phi) is 2.70. The molecule has 0 radical (unpaired) electrons. The lowest BCUT2D eigenvalue weighted by molar-refractivity contribution is 0.170. The second-order valence-electron chi connectivity index (χ2n) is 5.07. The molecule has 1 saturated heterocycles. The maximum atomic E-state index is 3.43. The maximum Gasteiger partial charge on any atom is 0.0357 e. The van der Waals surface area contributed by atoms with Crippen molar-refractivity contribution < 1.29 is 0 Å². The van der Waals surface area contributed by atoms with Crippen molar-refractivity contribution in [3.63, 3.8) is 0 Å². The number of hydrogen-bond donors (Lipinski definition) is 1. The Morgan fingerprint density at radius 1 is 1.12 bits per heavy atom. The first-order chi connectivity index (χ1) is 7.86. The topological polar surface area (TPSA) is 15.3 Å². The predicted molar refractivity (Wildman–Crippen MR) is 66.7 cm³/mol. The molecule has 3 rings (SSSR count). The number of piperazine rings is 1. The molecule has 2 nitrogen and oxygen atoms in total. The molecule has 1 aliphatic heterocycles. The maximum absolute atomic E-state index is 3.43. The van der Waals surface area contributed by atoms with E-state index in [4.69, 9.17) is 0 Å². The molecule has 2 atom stereocenters. The van der Waals surface area contributed by atoms with Crippen LogP contribution in [0.15, 0.2) is 24.3 Å². The van der Waals surface area contributed by atoms with Crippen LogP contribution < -0.4 is 5.32 Å². The van der Waals surface area contributed by atoms with Crippen molar-refractivity contribution in [1.82, 2.24) is 10.2 Å². The predicted octanol–water partition coefficient (Wildman–Crippen LogP) is 2.14. The van der Waals surface area contributed by atoms with E-state index in [9.17, 15) is 0 Å². The van der Waals surface area contributed by atoms with Crippen molar-refractivity contribution in [3.8, 4) is 0 Å². The van der Waals surface area contributed by atoms with E-state index < -0.39 is 0 Å². The summed E-state index contributed by atoms with van der Waals surface area (Å²) in [5.74, 6) is 0.732. The van der Waals surface area contributed by atoms with Crippen LogP contribution in [0.5, 0.6) is 0 Å². The zero-order chi connectivity index (χ0) is 11.0. The molecular weight excluding hydrogens is 196 g/mol. The van der Waals surface area contributed by atoms with E-state index in [-0.39, 0.29) is 0 Å². The molecule has 1 heterocycles. The van der Waals surface area contributed by atoms with Crippen LogP contribution in [-0.2, 0) is 0 Å². The zero-order valence-electron chi connectivity index (χ0n) is 9.95. The molecule has 1 N–H and O–H groups in total. The van der Waals surface area contributed by atoms with Gasteiger partial charge < -0.3 is 5.32 Å². The number of nitrogens with zero attached hydrogens (tertiary/aromatic N) is 1. The van der Waals surface area contributed by atoms with Gasteiger partial charge in [0.1, 0.15) is 0 Å². The van der Waals surface area contributed by atoms with Crippen molar-refractivity contribution in [2.24, 2.45) is 0 Å². The average Bonchev–Trinajstić information content (AvgIpc) is 2.69. The summed E-state index contributed by atoms with van der Waals surface area (Å²) in [6, 6.07) is 9.67. The van der Waals surface area contributed by atoms with Gasteiger partial charge in [0.25, 0.3) is 0 Å². The molecule has 1 fully saturated rings. The van der Waals surface area contributed by atoms with E-state index >= 15 is 0 Å². The Balaban J connectivity index is 1.87. The zero-order valence-corrected chi connectivity index (χ0v) is 9.95. The van der Waals surface area contributed by atoms with Crippen LogP contribution in [0, 0.1) is 0 Å². The van der Waals surface area contributed by atoms with E-state index in [1.807, 2.05) is 0 Å². The summed E-state index contributed by atoms with van der Waals surface area (Å²) in [4.78, 5) is 2.65. The number of benzene rings is 1. The highest BCUT2D eigenvalue weighted by atomic mass is 15.2. The Bertz CT molecular complexity index is 369. The van der Waals surface area contributed by atoms with Crippen LogP contribution in [0.4, 0.5) is 0 Å². The van der Waals surface area contributed by atoms with Gasteiger partial charge in [-0.05, 0) is 23.5 Å². The van der Waals surface area contributed by atoms with Gasteiger partial charge in [-0.15, -0.1) is 0 Å². The van der Waals surface area contributed by atoms with Crippen LogP contribution in [0.1, 0.15) is 36.4 Å². The third kappa shape index (κ3) is 1.66. The van der Waals surface area contributed by atoms with E-state index in [1.165, 1.54) is 19.5 Å². The molecule has 2 aliphatic rings. The minimum atomic E-state index is 0.674. The third-order valence-corrected chi connectivity index (χ3v) is 4.06. The van der Waals surface area contributed by atoms with E-state index in [0.717, 1.165) is 19.0 Å². The Morgan fingerprint density at radius 3 is 2.56 bits per heavy atom. The van der Waals surface area contributed by atoms with E-state index in [0.29, 0.717) is 6.04 Å². The lowest BCUT2D eigenvalue weighted by Crippen LogP contribution is -2.44. The smallest absolute Gasteiger partial charge is 0.0357 e. The number of nitrogens with one attached hydrogen (secondary N) is 1. The normalized spacial score (nSPS) is 30.3. The van der Waals surface area contributed by atoms with Crippen molar-refractivity contribution in [1.29, 1.82) is 0 Å². The van der Waals surface area contributed by atoms with E-state index in [1.54, 1.807) is 11.1 Å². The summed E-state index contributed by atoms with van der Waals surface area (Å²) in [6.07, 6.45) is 1.30. The van der Waals surface area contributed by atoms with Crippen molar-refractivity contribution in [2.45, 2.75) is 25.3 Å². The molecule has 0 aromatic heterocycles. The SMILES string of the molecule is CC1CC(N2CCNCC2)c2ccccc21. The van der Waals surface area contributed by atoms with Gasteiger partial charge in [-0.1, -0.05) is 31.2 Å². The van der Waals surface area contributed by atoms with Crippen molar-refractivity contribution in [3.05, 3.63) is 35.4 Å². The third-order valence-electron chi connectivity index (χ3n) is 4.06. The molecule has 0 amide bonds. The van der Waals surface area contributed by atoms with Crippen molar-refractivity contribution in [2.75, 3.05) is 26.2 Å². The molecule has 16 heavy (non-hydrogen) atoms. The molecule has 1 aromatic rings. The standard InChI is InChI=1S/C14H20N2/c1-11-10-14(16-8-6-15-7-9-16)13-5-3-2-4-12(11)13/h2-5,11,14-15H,6-10H2,1H3. The summed E-state index contributed by atoms with van der Waals surface area (Å²) < 4.78 is 0. The Hall–Kier alpha value is -0.860. The highest BCUT2D eigenvalue weighted by molar-refractivity contribution is 5.37. The highest BCUT2D eigenvalue weighted by Gasteiger charge is 2.32. The number of fused-ring (bicyclic) bond motifs is 1. The summed E-state index contributed by atoms with van der Waals surface area (Å²) >= 11 is 0. The van der Waals surface area contributed by atoms with Crippen LogP contribution in [0.3, 0.4) is 0 Å². The molecule has 86 valence electrons. The van der Waals surface area contributed by atoms with E-state index in [2.05, 4.69) is 41.4 Å². The fraction of sp³-hybridized carbons (Fsp3) is 0.571. The molecular formula is C14H20N2. The van der Waals surface area contributed by atoms with Gasteiger partial charge in [-0.25, -0.2) is 0 Å². The van der Waals surface area contributed by atoms with Gasteiger partial charge in [-0.3, -0.25) is 4.90 Å². The molecule has 0 spiro atoms. The lowest BCUT2D eigenvalue weighted by Gasteiger charge is -2.33. The van der Waals surface area contributed by atoms with Crippen LogP contribution >= 0.6 is 0 Å². The minimum Gasteiger partial charge on any atom is -0.314 e. The first-order valence-corrected chi connectivity index (χ1v) is 6.40. The summed E-state index contributed by atoms with van der Waals surface area (Å²) in [5, 5.41) is 3.43. The second-order valence-corrected chi connectivity index (χ2v) is 5.07. The quantitative estimate of drug-likeness (QED) is 0.773. The van der Waals surface area contributed by atoms with Crippen LogP contribution in [0.25, 0.3) is 0 Å². The summed E-state index contributed by atoms with van der Waals surface area (Å²) in [5.41, 5.74) is 3.16. The molecule has 0 bridgehead atoms. The van der Waals surface area contributed by atoms with Gasteiger partial charge >= 0.3 is 0 Å². The first-order valence-electron chi connectivity index (χ1n) is 6.40. The fourth-order valence-corrected chi connectivity index (χ4v) is 3.19. The summed E-state index contributed by atoms with van der Waals surface area (Å²) in [6.45, 7) is 7.05. The Morgan fingerprint density at radius 2 is 1.81 bits per heavy atom. The van der Waals surface area contributed by atoms with Gasteiger partial charge in [0.2, 0.25) is 0 Å². The lowest BCUT2D eigenvalue weighted by atomic mass is 10.0. The second kappa shape index (κ2) is 4.19. The van der Waals surface area contributed by atoms with Gasteiger partial charge in [-0.2, -0.15) is 0 Å².